The number of fused-ring (bicyclic) bond motifs is 5. The lowest BCUT2D eigenvalue weighted by Crippen LogP contribution is -2.59. The van der Waals surface area contributed by atoms with Gasteiger partial charge < -0.3 is 9.64 Å². The zero-order valence-electron chi connectivity index (χ0n) is 18.0. The van der Waals surface area contributed by atoms with Crippen molar-refractivity contribution in [3.05, 3.63) is 35.4 Å². The van der Waals surface area contributed by atoms with E-state index in [1.54, 1.807) is 0 Å². The van der Waals surface area contributed by atoms with Gasteiger partial charge in [0.15, 0.2) is 0 Å². The van der Waals surface area contributed by atoms with Gasteiger partial charge in [-0.3, -0.25) is 4.79 Å². The van der Waals surface area contributed by atoms with Crippen molar-refractivity contribution in [2.75, 3.05) is 19.4 Å². The van der Waals surface area contributed by atoms with E-state index < -0.39 is 10.0 Å². The zero-order chi connectivity index (χ0) is 21.3. The standard InChI is InChI=1S/C23H34N2O4S/c1-16-14-23(26)25-13-5-8-21(24-30(2,27)28)22(25)15-29-18-11-9-17(10-12-18)20-7-4-3-6-19(16)20/h3-4,6-7,16-18,21-22,24H,5,8-15H2,1-2H3/t16?,17?,18?,21-,22-/m0/s1. The fourth-order valence-corrected chi connectivity index (χ4v) is 6.41. The molecule has 1 aliphatic carbocycles. The number of amides is 1. The molecule has 1 saturated carbocycles. The number of ether oxygens (including phenoxy) is 1. The number of piperidine rings is 1. The van der Waals surface area contributed by atoms with Crippen molar-refractivity contribution in [2.45, 2.75) is 81.9 Å². The highest BCUT2D eigenvalue weighted by atomic mass is 32.2. The number of sulfonamides is 1. The van der Waals surface area contributed by atoms with Crippen molar-refractivity contribution in [2.24, 2.45) is 0 Å². The van der Waals surface area contributed by atoms with Crippen LogP contribution in [0.15, 0.2) is 24.3 Å². The molecule has 0 spiro atoms. The van der Waals surface area contributed by atoms with E-state index in [2.05, 4.69) is 35.9 Å². The van der Waals surface area contributed by atoms with E-state index in [-0.39, 0.29) is 30.0 Å². The molecule has 5 rings (SSSR count). The summed E-state index contributed by atoms with van der Waals surface area (Å²) in [6, 6.07) is 8.05. The van der Waals surface area contributed by atoms with Crippen LogP contribution in [0.1, 0.15) is 74.8 Å². The molecule has 1 amide bonds. The van der Waals surface area contributed by atoms with E-state index in [9.17, 15) is 13.2 Å². The highest BCUT2D eigenvalue weighted by Gasteiger charge is 2.38. The van der Waals surface area contributed by atoms with E-state index in [4.69, 9.17) is 4.74 Å². The second kappa shape index (κ2) is 8.97. The number of hydrogen-bond donors (Lipinski definition) is 1. The number of nitrogens with zero attached hydrogens (tertiary/aromatic N) is 1. The minimum Gasteiger partial charge on any atom is -0.376 e. The molecule has 1 aromatic carbocycles. The van der Waals surface area contributed by atoms with Gasteiger partial charge in [-0.05, 0) is 61.5 Å². The molecule has 6 nitrogen and oxygen atoms in total. The summed E-state index contributed by atoms with van der Waals surface area (Å²) in [4.78, 5) is 15.2. The summed E-state index contributed by atoms with van der Waals surface area (Å²) < 4.78 is 32.9. The first kappa shape index (κ1) is 21.8. The number of carbonyl (C=O) groups is 1. The van der Waals surface area contributed by atoms with Crippen LogP contribution in [0.25, 0.3) is 0 Å². The van der Waals surface area contributed by atoms with Crippen molar-refractivity contribution in [3.8, 4) is 0 Å². The average Bonchev–Trinajstić information content (AvgIpc) is 2.72. The molecular weight excluding hydrogens is 400 g/mol. The van der Waals surface area contributed by atoms with Gasteiger partial charge in [0, 0.05) is 19.0 Å². The minimum atomic E-state index is -3.35. The van der Waals surface area contributed by atoms with Gasteiger partial charge in [0.05, 0.1) is 25.0 Å². The van der Waals surface area contributed by atoms with Crippen LogP contribution >= 0.6 is 0 Å². The Balaban J connectivity index is 1.65. The maximum absolute atomic E-state index is 13.4. The average molecular weight is 435 g/mol. The largest absolute Gasteiger partial charge is 0.376 e. The van der Waals surface area contributed by atoms with Crippen LogP contribution in [0.2, 0.25) is 0 Å². The molecule has 0 radical (unpaired) electrons. The summed E-state index contributed by atoms with van der Waals surface area (Å²) in [6.07, 6.45) is 7.57. The van der Waals surface area contributed by atoms with E-state index >= 15 is 0 Å². The Morgan fingerprint density at radius 1 is 1.07 bits per heavy atom. The van der Waals surface area contributed by atoms with Crippen molar-refractivity contribution >= 4 is 15.9 Å². The van der Waals surface area contributed by atoms with Gasteiger partial charge in [0.1, 0.15) is 0 Å². The van der Waals surface area contributed by atoms with Gasteiger partial charge in [-0.2, -0.15) is 0 Å². The van der Waals surface area contributed by atoms with Crippen molar-refractivity contribution in [1.82, 2.24) is 9.62 Å². The van der Waals surface area contributed by atoms with Crippen LogP contribution in [-0.4, -0.2) is 56.8 Å². The molecule has 30 heavy (non-hydrogen) atoms. The lowest BCUT2D eigenvalue weighted by Gasteiger charge is -2.42. The fraction of sp³-hybridized carbons (Fsp3) is 0.696. The molecule has 3 aliphatic heterocycles. The van der Waals surface area contributed by atoms with E-state index in [0.29, 0.717) is 25.5 Å². The highest BCUT2D eigenvalue weighted by Crippen LogP contribution is 2.39. The van der Waals surface area contributed by atoms with E-state index in [0.717, 1.165) is 38.5 Å². The third-order valence-electron chi connectivity index (χ3n) is 7.09. The molecule has 1 unspecified atom stereocenters. The first-order valence-corrected chi connectivity index (χ1v) is 13.2. The molecular formula is C23H34N2O4S. The summed E-state index contributed by atoms with van der Waals surface area (Å²) in [5.74, 6) is 0.760. The molecule has 2 fully saturated rings. The highest BCUT2D eigenvalue weighted by molar-refractivity contribution is 7.88. The predicted octanol–water partition coefficient (Wildman–Crippen LogP) is 3.15. The molecule has 7 heteroatoms. The molecule has 2 bridgehead atoms. The second-order valence-electron chi connectivity index (χ2n) is 9.33. The maximum atomic E-state index is 13.4. The van der Waals surface area contributed by atoms with Crippen molar-refractivity contribution in [3.63, 3.8) is 0 Å². The number of benzene rings is 1. The quantitative estimate of drug-likeness (QED) is 0.776. The Kier molecular flexibility index (Phi) is 6.51. The summed E-state index contributed by atoms with van der Waals surface area (Å²) >= 11 is 0. The smallest absolute Gasteiger partial charge is 0.223 e. The summed E-state index contributed by atoms with van der Waals surface area (Å²) in [6.45, 7) is 3.20. The summed E-state index contributed by atoms with van der Waals surface area (Å²) in [5.41, 5.74) is 2.68. The Labute approximate surface area is 180 Å². The predicted molar refractivity (Wildman–Crippen MR) is 117 cm³/mol. The maximum Gasteiger partial charge on any atom is 0.223 e. The first-order valence-electron chi connectivity index (χ1n) is 11.3. The second-order valence-corrected chi connectivity index (χ2v) is 11.1. The summed E-state index contributed by atoms with van der Waals surface area (Å²) in [7, 11) is -3.35. The van der Waals surface area contributed by atoms with Crippen LogP contribution in [-0.2, 0) is 19.6 Å². The molecule has 3 heterocycles. The Morgan fingerprint density at radius 2 is 1.77 bits per heavy atom. The fourth-order valence-electron chi connectivity index (χ4n) is 5.58. The number of hydrogen-bond acceptors (Lipinski definition) is 4. The van der Waals surface area contributed by atoms with Crippen LogP contribution < -0.4 is 4.72 Å². The first-order chi connectivity index (χ1) is 14.3. The van der Waals surface area contributed by atoms with Gasteiger partial charge in [0.2, 0.25) is 15.9 Å². The SMILES string of the molecule is CC1CC(=O)N2CCC[C@H](NS(C)(=O)=O)[C@@H]2COC2CCC(CC2)c2ccccc21. The van der Waals surface area contributed by atoms with Crippen LogP contribution in [0.3, 0.4) is 0 Å². The third kappa shape index (κ3) is 4.89. The molecule has 3 atom stereocenters. The lowest BCUT2D eigenvalue weighted by molar-refractivity contribution is -0.138. The van der Waals surface area contributed by atoms with Gasteiger partial charge >= 0.3 is 0 Å². The number of nitrogens with one attached hydrogen (secondary N) is 1. The molecule has 4 aliphatic rings. The minimum absolute atomic E-state index is 0.0949. The molecule has 1 N–H and O–H groups in total. The van der Waals surface area contributed by atoms with Gasteiger partial charge in [0.25, 0.3) is 0 Å². The number of rotatable bonds is 2. The van der Waals surface area contributed by atoms with Crippen LogP contribution in [0.5, 0.6) is 0 Å². The normalized spacial score (nSPS) is 33.1. The van der Waals surface area contributed by atoms with Crippen LogP contribution in [0.4, 0.5) is 0 Å². The topological polar surface area (TPSA) is 75.7 Å². The third-order valence-corrected chi connectivity index (χ3v) is 7.82. The van der Waals surface area contributed by atoms with Gasteiger partial charge in [-0.25, -0.2) is 13.1 Å². The van der Waals surface area contributed by atoms with Crippen LogP contribution in [0, 0.1) is 0 Å². The molecule has 166 valence electrons. The van der Waals surface area contributed by atoms with E-state index in [1.807, 2.05) is 4.90 Å². The summed E-state index contributed by atoms with van der Waals surface area (Å²) in [5, 5.41) is 0. The number of carbonyl (C=O) groups excluding carboxylic acids is 1. The monoisotopic (exact) mass is 434 g/mol. The van der Waals surface area contributed by atoms with Crippen molar-refractivity contribution in [1.29, 1.82) is 0 Å². The van der Waals surface area contributed by atoms with E-state index in [1.165, 1.54) is 17.4 Å². The Hall–Kier alpha value is -1.44. The Bertz CT molecular complexity index is 864. The van der Waals surface area contributed by atoms with Gasteiger partial charge in [-0.15, -0.1) is 0 Å². The van der Waals surface area contributed by atoms with Gasteiger partial charge in [-0.1, -0.05) is 31.2 Å². The Morgan fingerprint density at radius 3 is 2.47 bits per heavy atom. The molecule has 1 aromatic rings. The molecule has 1 saturated heterocycles. The van der Waals surface area contributed by atoms with Crippen molar-refractivity contribution < 1.29 is 17.9 Å². The lowest BCUT2D eigenvalue weighted by atomic mass is 9.78. The molecule has 0 aromatic heterocycles. The zero-order valence-corrected chi connectivity index (χ0v) is 18.9.